The number of rotatable bonds is 5. The molecule has 0 saturated carbocycles. The Morgan fingerprint density at radius 1 is 0.839 bits per heavy atom. The van der Waals surface area contributed by atoms with E-state index in [1.807, 2.05) is 12.1 Å². The number of hydrogen-bond acceptors (Lipinski definition) is 6. The van der Waals surface area contributed by atoms with Gasteiger partial charge in [-0.05, 0) is 42.6 Å². The first-order chi connectivity index (χ1) is 15.2. The fourth-order valence-electron chi connectivity index (χ4n) is 4.67. The van der Waals surface area contributed by atoms with Crippen LogP contribution in [-0.4, -0.2) is 65.4 Å². The first-order valence-electron chi connectivity index (χ1n) is 11.3. The molecular weight excluding hydrogens is 388 g/mol. The minimum atomic E-state index is 0.583. The van der Waals surface area contributed by atoms with E-state index in [0.717, 1.165) is 44.5 Å². The first kappa shape index (κ1) is 20.4. The molecular formula is C25H30N4O2. The summed E-state index contributed by atoms with van der Waals surface area (Å²) in [4.78, 5) is 9.51. The highest BCUT2D eigenvalue weighted by atomic mass is 16.5. The highest BCUT2D eigenvalue weighted by Gasteiger charge is 2.25. The molecule has 2 aliphatic rings. The standard InChI is InChI=1S/C25H30N4O2/c1-19-26-25(27-31-19)23-8-6-22(7-9-23)21-4-2-20(3-5-21)18-28-12-10-24(11-13-28)29-14-16-30-17-15-29/h2-9,24H,10-18H2,1H3. The summed E-state index contributed by atoms with van der Waals surface area (Å²) in [5.41, 5.74) is 4.78. The van der Waals surface area contributed by atoms with Gasteiger partial charge in [0.2, 0.25) is 11.7 Å². The Morgan fingerprint density at radius 2 is 1.45 bits per heavy atom. The summed E-state index contributed by atoms with van der Waals surface area (Å²) in [6.45, 7) is 9.19. The fourth-order valence-corrected chi connectivity index (χ4v) is 4.67. The Hall–Kier alpha value is -2.54. The van der Waals surface area contributed by atoms with Gasteiger partial charge < -0.3 is 9.26 Å². The number of likely N-dealkylation sites (tertiary alicyclic amines) is 1. The van der Waals surface area contributed by atoms with Crippen molar-refractivity contribution < 1.29 is 9.26 Å². The zero-order chi connectivity index (χ0) is 21.0. The molecule has 31 heavy (non-hydrogen) atoms. The smallest absolute Gasteiger partial charge is 0.223 e. The molecule has 1 aromatic heterocycles. The van der Waals surface area contributed by atoms with Gasteiger partial charge in [-0.3, -0.25) is 9.80 Å². The van der Waals surface area contributed by atoms with E-state index in [-0.39, 0.29) is 0 Å². The normalized spacial score (nSPS) is 19.0. The van der Waals surface area contributed by atoms with E-state index in [2.05, 4.69) is 56.3 Å². The number of morpholine rings is 1. The van der Waals surface area contributed by atoms with E-state index >= 15 is 0 Å². The first-order valence-corrected chi connectivity index (χ1v) is 11.3. The SMILES string of the molecule is Cc1nc(-c2ccc(-c3ccc(CN4CCC(N5CCOCC5)CC4)cc3)cc2)no1. The number of ether oxygens (including phenoxy) is 1. The minimum Gasteiger partial charge on any atom is -0.379 e. The average molecular weight is 419 g/mol. The van der Waals surface area contributed by atoms with Gasteiger partial charge in [0.25, 0.3) is 0 Å². The summed E-state index contributed by atoms with van der Waals surface area (Å²) >= 11 is 0. The maximum Gasteiger partial charge on any atom is 0.223 e. The number of piperidine rings is 1. The van der Waals surface area contributed by atoms with Crippen molar-refractivity contribution in [2.75, 3.05) is 39.4 Å². The molecule has 2 aromatic carbocycles. The van der Waals surface area contributed by atoms with Crippen LogP contribution in [0.4, 0.5) is 0 Å². The Morgan fingerprint density at radius 3 is 2.06 bits per heavy atom. The quantitative estimate of drug-likeness (QED) is 0.624. The van der Waals surface area contributed by atoms with Crippen molar-refractivity contribution in [1.29, 1.82) is 0 Å². The molecule has 0 amide bonds. The van der Waals surface area contributed by atoms with Gasteiger partial charge in [0.05, 0.1) is 13.2 Å². The van der Waals surface area contributed by atoms with Gasteiger partial charge >= 0.3 is 0 Å². The molecule has 2 fully saturated rings. The van der Waals surface area contributed by atoms with Crippen LogP contribution in [0.15, 0.2) is 53.1 Å². The van der Waals surface area contributed by atoms with Crippen molar-refractivity contribution in [3.8, 4) is 22.5 Å². The minimum absolute atomic E-state index is 0.583. The Labute approximate surface area is 183 Å². The number of aromatic nitrogens is 2. The summed E-state index contributed by atoms with van der Waals surface area (Å²) in [6.07, 6.45) is 2.54. The second kappa shape index (κ2) is 9.30. The van der Waals surface area contributed by atoms with E-state index in [9.17, 15) is 0 Å². The van der Waals surface area contributed by atoms with Crippen LogP contribution in [0.25, 0.3) is 22.5 Å². The molecule has 2 aliphatic heterocycles. The molecule has 0 bridgehead atoms. The fraction of sp³-hybridized carbons (Fsp3) is 0.440. The van der Waals surface area contributed by atoms with Crippen LogP contribution in [0.1, 0.15) is 24.3 Å². The van der Waals surface area contributed by atoms with Crippen LogP contribution in [0, 0.1) is 6.92 Å². The summed E-state index contributed by atoms with van der Waals surface area (Å²) in [7, 11) is 0. The third kappa shape index (κ3) is 4.87. The maximum absolute atomic E-state index is 5.50. The molecule has 5 rings (SSSR count). The lowest BCUT2D eigenvalue weighted by Gasteiger charge is -2.40. The van der Waals surface area contributed by atoms with E-state index in [1.165, 1.54) is 42.6 Å². The molecule has 0 aliphatic carbocycles. The van der Waals surface area contributed by atoms with Crippen LogP contribution >= 0.6 is 0 Å². The second-order valence-electron chi connectivity index (χ2n) is 8.57. The molecule has 0 atom stereocenters. The molecule has 0 spiro atoms. The predicted molar refractivity (Wildman–Crippen MR) is 121 cm³/mol. The van der Waals surface area contributed by atoms with Crippen molar-refractivity contribution in [1.82, 2.24) is 19.9 Å². The van der Waals surface area contributed by atoms with Gasteiger partial charge in [0, 0.05) is 38.2 Å². The van der Waals surface area contributed by atoms with Crippen LogP contribution in [-0.2, 0) is 11.3 Å². The predicted octanol–water partition coefficient (Wildman–Crippen LogP) is 4.01. The molecule has 6 nitrogen and oxygen atoms in total. The Kier molecular flexibility index (Phi) is 6.11. The van der Waals surface area contributed by atoms with Gasteiger partial charge in [0.1, 0.15) is 0 Å². The van der Waals surface area contributed by atoms with Gasteiger partial charge in [-0.25, -0.2) is 0 Å². The van der Waals surface area contributed by atoms with Crippen molar-refractivity contribution >= 4 is 0 Å². The Balaban J connectivity index is 1.16. The van der Waals surface area contributed by atoms with Crippen molar-refractivity contribution in [3.63, 3.8) is 0 Å². The van der Waals surface area contributed by atoms with E-state index in [1.54, 1.807) is 6.92 Å². The summed E-state index contributed by atoms with van der Waals surface area (Å²) < 4.78 is 10.6. The van der Waals surface area contributed by atoms with E-state index in [0.29, 0.717) is 11.7 Å². The highest BCUT2D eigenvalue weighted by molar-refractivity contribution is 5.67. The molecule has 2 saturated heterocycles. The Bertz CT molecular complexity index is 970. The lowest BCUT2D eigenvalue weighted by Crippen LogP contribution is -2.48. The number of benzene rings is 2. The second-order valence-corrected chi connectivity index (χ2v) is 8.57. The largest absolute Gasteiger partial charge is 0.379 e. The lowest BCUT2D eigenvalue weighted by molar-refractivity contribution is 0.000231. The van der Waals surface area contributed by atoms with E-state index in [4.69, 9.17) is 9.26 Å². The molecule has 0 radical (unpaired) electrons. The maximum atomic E-state index is 5.50. The van der Waals surface area contributed by atoms with Crippen LogP contribution in [0.2, 0.25) is 0 Å². The van der Waals surface area contributed by atoms with Crippen LogP contribution in [0.3, 0.4) is 0 Å². The topological polar surface area (TPSA) is 54.6 Å². The molecule has 162 valence electrons. The van der Waals surface area contributed by atoms with Crippen molar-refractivity contribution in [2.45, 2.75) is 32.4 Å². The zero-order valence-electron chi connectivity index (χ0n) is 18.2. The van der Waals surface area contributed by atoms with Gasteiger partial charge in [-0.1, -0.05) is 53.7 Å². The van der Waals surface area contributed by atoms with Crippen LogP contribution < -0.4 is 0 Å². The molecule has 3 heterocycles. The van der Waals surface area contributed by atoms with Gasteiger partial charge in [0.15, 0.2) is 0 Å². The lowest BCUT2D eigenvalue weighted by atomic mass is 10.0. The van der Waals surface area contributed by atoms with Gasteiger partial charge in [-0.15, -0.1) is 0 Å². The zero-order valence-corrected chi connectivity index (χ0v) is 18.2. The van der Waals surface area contributed by atoms with Crippen LogP contribution in [0.5, 0.6) is 0 Å². The molecule has 0 N–H and O–H groups in total. The van der Waals surface area contributed by atoms with E-state index < -0.39 is 0 Å². The van der Waals surface area contributed by atoms with Crippen molar-refractivity contribution in [3.05, 3.63) is 60.0 Å². The third-order valence-corrected chi connectivity index (χ3v) is 6.48. The van der Waals surface area contributed by atoms with Crippen molar-refractivity contribution in [2.24, 2.45) is 0 Å². The highest BCUT2D eigenvalue weighted by Crippen LogP contribution is 2.25. The molecule has 6 heteroatoms. The summed E-state index contributed by atoms with van der Waals surface area (Å²) in [5, 5.41) is 3.99. The molecule has 0 unspecified atom stereocenters. The number of nitrogens with zero attached hydrogens (tertiary/aromatic N) is 4. The van der Waals surface area contributed by atoms with Gasteiger partial charge in [-0.2, -0.15) is 4.98 Å². The third-order valence-electron chi connectivity index (χ3n) is 6.48. The number of aryl methyl sites for hydroxylation is 1. The summed E-state index contributed by atoms with van der Waals surface area (Å²) in [6, 6.07) is 18.0. The summed E-state index contributed by atoms with van der Waals surface area (Å²) in [5.74, 6) is 1.22. The average Bonchev–Trinajstić information content (AvgIpc) is 3.27. The number of hydrogen-bond donors (Lipinski definition) is 0. The molecule has 3 aromatic rings. The monoisotopic (exact) mass is 418 g/mol.